The lowest BCUT2D eigenvalue weighted by Gasteiger charge is -2.24. The van der Waals surface area contributed by atoms with Crippen LogP contribution in [0, 0.1) is 11.8 Å². The summed E-state index contributed by atoms with van der Waals surface area (Å²) in [6.45, 7) is 3.62. The fraction of sp³-hybridized carbons (Fsp3) is 0.500. The van der Waals surface area contributed by atoms with Gasteiger partial charge < -0.3 is 9.47 Å². The van der Waals surface area contributed by atoms with E-state index in [1.807, 2.05) is 30.3 Å². The van der Waals surface area contributed by atoms with Gasteiger partial charge >= 0.3 is 12.1 Å². The molecule has 6 heteroatoms. The number of amides is 2. The number of carbonyl (C=O) groups is 3. The first-order valence-electron chi connectivity index (χ1n) is 8.05. The molecule has 1 heterocycles. The highest BCUT2D eigenvalue weighted by Gasteiger charge is 2.40. The van der Waals surface area contributed by atoms with Crippen molar-refractivity contribution in [3.8, 4) is 0 Å². The van der Waals surface area contributed by atoms with E-state index < -0.39 is 17.9 Å². The summed E-state index contributed by atoms with van der Waals surface area (Å²) in [4.78, 5) is 37.4. The first-order chi connectivity index (χ1) is 11.4. The van der Waals surface area contributed by atoms with Gasteiger partial charge in [-0.05, 0) is 18.4 Å². The van der Waals surface area contributed by atoms with Gasteiger partial charge in [0.2, 0.25) is 5.91 Å². The molecule has 0 aromatic heterocycles. The highest BCUT2D eigenvalue weighted by atomic mass is 16.6. The van der Waals surface area contributed by atoms with Crippen molar-refractivity contribution in [2.75, 3.05) is 13.7 Å². The normalized spacial score (nSPS) is 19.5. The molecule has 6 nitrogen and oxygen atoms in total. The van der Waals surface area contributed by atoms with Crippen LogP contribution in [0.5, 0.6) is 0 Å². The van der Waals surface area contributed by atoms with Crippen LogP contribution in [0.4, 0.5) is 4.79 Å². The fourth-order valence-electron chi connectivity index (χ4n) is 2.93. The van der Waals surface area contributed by atoms with Crippen LogP contribution >= 0.6 is 0 Å². The van der Waals surface area contributed by atoms with Gasteiger partial charge in [0.25, 0.3) is 0 Å². The lowest BCUT2D eigenvalue weighted by Crippen LogP contribution is -2.43. The van der Waals surface area contributed by atoms with Crippen molar-refractivity contribution in [1.29, 1.82) is 0 Å². The Hall–Kier alpha value is -2.37. The summed E-state index contributed by atoms with van der Waals surface area (Å²) in [5, 5.41) is 0. The Kier molecular flexibility index (Phi) is 5.95. The second-order valence-electron chi connectivity index (χ2n) is 6.19. The Bertz CT molecular complexity index is 601. The molecular weight excluding hydrogens is 310 g/mol. The molecule has 130 valence electrons. The minimum atomic E-state index is -0.612. The monoisotopic (exact) mass is 333 g/mol. The third-order valence-electron chi connectivity index (χ3n) is 4.24. The summed E-state index contributed by atoms with van der Waals surface area (Å²) >= 11 is 0. The molecule has 1 aliphatic heterocycles. The molecule has 0 aliphatic carbocycles. The minimum absolute atomic E-state index is 0.193. The molecule has 0 saturated carbocycles. The summed E-state index contributed by atoms with van der Waals surface area (Å²) in [6, 6.07) is 9.34. The maximum atomic E-state index is 12.7. The van der Waals surface area contributed by atoms with Crippen molar-refractivity contribution in [1.82, 2.24) is 4.90 Å². The van der Waals surface area contributed by atoms with Crippen molar-refractivity contribution in [2.24, 2.45) is 11.8 Å². The molecule has 0 radical (unpaired) electrons. The van der Waals surface area contributed by atoms with Gasteiger partial charge in [-0.3, -0.25) is 9.59 Å². The molecule has 1 aromatic rings. The smallest absolute Gasteiger partial charge is 0.416 e. The molecule has 1 saturated heterocycles. The Morgan fingerprint density at radius 2 is 1.92 bits per heavy atom. The van der Waals surface area contributed by atoms with E-state index in [2.05, 4.69) is 4.74 Å². The second-order valence-corrected chi connectivity index (χ2v) is 6.19. The Morgan fingerprint density at radius 3 is 2.54 bits per heavy atom. The average Bonchev–Trinajstić information content (AvgIpc) is 2.94. The predicted molar refractivity (Wildman–Crippen MR) is 87.1 cm³/mol. The van der Waals surface area contributed by atoms with E-state index in [1.54, 1.807) is 13.8 Å². The lowest BCUT2D eigenvalue weighted by atomic mass is 9.95. The highest BCUT2D eigenvalue weighted by Crippen LogP contribution is 2.23. The number of esters is 1. The summed E-state index contributed by atoms with van der Waals surface area (Å²) < 4.78 is 9.75. The van der Waals surface area contributed by atoms with Gasteiger partial charge in [0, 0.05) is 5.92 Å². The zero-order valence-electron chi connectivity index (χ0n) is 14.2. The molecule has 0 unspecified atom stereocenters. The first kappa shape index (κ1) is 18.0. The lowest BCUT2D eigenvalue weighted by molar-refractivity contribution is -0.146. The van der Waals surface area contributed by atoms with Gasteiger partial charge in [-0.1, -0.05) is 44.2 Å². The van der Waals surface area contributed by atoms with Gasteiger partial charge in [0.15, 0.2) is 0 Å². The number of imide groups is 1. The van der Waals surface area contributed by atoms with E-state index in [4.69, 9.17) is 4.74 Å². The van der Waals surface area contributed by atoms with Crippen LogP contribution in [0.25, 0.3) is 0 Å². The second kappa shape index (κ2) is 7.95. The number of hydrogen-bond donors (Lipinski definition) is 0. The Morgan fingerprint density at radius 1 is 1.25 bits per heavy atom. The van der Waals surface area contributed by atoms with Crippen molar-refractivity contribution in [3.05, 3.63) is 35.9 Å². The van der Waals surface area contributed by atoms with Gasteiger partial charge in [-0.2, -0.15) is 0 Å². The van der Waals surface area contributed by atoms with Gasteiger partial charge in [0.05, 0.1) is 19.1 Å². The minimum Gasteiger partial charge on any atom is -0.469 e. The fourth-order valence-corrected chi connectivity index (χ4v) is 2.93. The quantitative estimate of drug-likeness (QED) is 0.748. The number of hydrogen-bond acceptors (Lipinski definition) is 5. The van der Waals surface area contributed by atoms with Gasteiger partial charge in [0.1, 0.15) is 6.61 Å². The maximum absolute atomic E-state index is 12.7. The number of rotatable bonds is 6. The molecule has 2 amide bonds. The molecule has 0 bridgehead atoms. The van der Waals surface area contributed by atoms with Crippen LogP contribution in [0.2, 0.25) is 0 Å². The third-order valence-corrected chi connectivity index (χ3v) is 4.24. The topological polar surface area (TPSA) is 72.9 Å². The van der Waals surface area contributed by atoms with Crippen molar-refractivity contribution >= 4 is 18.0 Å². The van der Waals surface area contributed by atoms with Crippen molar-refractivity contribution in [2.45, 2.75) is 32.7 Å². The number of ether oxygens (including phenoxy) is 2. The summed E-state index contributed by atoms with van der Waals surface area (Å²) in [5.74, 6) is -1.54. The van der Waals surface area contributed by atoms with Crippen molar-refractivity contribution in [3.63, 3.8) is 0 Å². The van der Waals surface area contributed by atoms with E-state index in [0.29, 0.717) is 12.8 Å². The molecule has 1 aromatic carbocycles. The van der Waals surface area contributed by atoms with E-state index in [9.17, 15) is 14.4 Å². The maximum Gasteiger partial charge on any atom is 0.416 e. The molecule has 1 aliphatic rings. The van der Waals surface area contributed by atoms with Gasteiger partial charge in [-0.15, -0.1) is 0 Å². The van der Waals surface area contributed by atoms with E-state index in [-0.39, 0.29) is 24.5 Å². The van der Waals surface area contributed by atoms with Crippen LogP contribution in [0.3, 0.4) is 0 Å². The highest BCUT2D eigenvalue weighted by molar-refractivity contribution is 5.94. The van der Waals surface area contributed by atoms with Crippen LogP contribution in [-0.2, 0) is 25.5 Å². The zero-order chi connectivity index (χ0) is 17.7. The Labute approximate surface area is 141 Å². The summed E-state index contributed by atoms with van der Waals surface area (Å²) in [6.07, 6.45) is 0.267. The molecule has 0 spiro atoms. The van der Waals surface area contributed by atoms with Crippen LogP contribution < -0.4 is 0 Å². The van der Waals surface area contributed by atoms with E-state index in [1.165, 1.54) is 12.0 Å². The Balaban J connectivity index is 2.04. The number of nitrogens with zero attached hydrogens (tertiary/aromatic N) is 1. The van der Waals surface area contributed by atoms with E-state index >= 15 is 0 Å². The van der Waals surface area contributed by atoms with Crippen LogP contribution in [-0.4, -0.2) is 42.6 Å². The van der Waals surface area contributed by atoms with Crippen molar-refractivity contribution < 1.29 is 23.9 Å². The predicted octanol–water partition coefficient (Wildman–Crippen LogP) is 2.41. The largest absolute Gasteiger partial charge is 0.469 e. The molecule has 24 heavy (non-hydrogen) atoms. The number of cyclic esters (lactones) is 1. The molecule has 3 atom stereocenters. The first-order valence-corrected chi connectivity index (χ1v) is 8.05. The van der Waals surface area contributed by atoms with Gasteiger partial charge in [-0.25, -0.2) is 9.69 Å². The standard InChI is InChI=1S/C18H23NO5/c1-12(9-13(2)17(21)23-3)16(20)19-15(11-24-18(19)22)10-14-7-5-4-6-8-14/h4-8,12-13,15H,9-11H2,1-3H3/t12-,13+,15+/m1/s1. The molecule has 0 N–H and O–H groups in total. The van der Waals surface area contributed by atoms with Crippen LogP contribution in [0.1, 0.15) is 25.8 Å². The number of methoxy groups -OCH3 is 1. The molecule has 1 fully saturated rings. The third kappa shape index (κ3) is 4.13. The van der Waals surface area contributed by atoms with Crippen LogP contribution in [0.15, 0.2) is 30.3 Å². The van der Waals surface area contributed by atoms with E-state index in [0.717, 1.165) is 5.56 Å². The molecule has 2 rings (SSSR count). The SMILES string of the molecule is COC(=O)[C@@H](C)C[C@@H](C)C(=O)N1C(=O)OC[C@@H]1Cc1ccccc1. The molecular formula is C18H23NO5. The number of carbonyl (C=O) groups excluding carboxylic acids is 3. The summed E-state index contributed by atoms with van der Waals surface area (Å²) in [7, 11) is 1.32. The zero-order valence-corrected chi connectivity index (χ0v) is 14.2. The number of benzene rings is 1. The average molecular weight is 333 g/mol. The summed E-state index contributed by atoms with van der Waals surface area (Å²) in [5.41, 5.74) is 1.04.